The Labute approximate surface area is 141 Å². The number of carbonyl (C=O) groups excluding carboxylic acids is 2. The number of carbonyl (C=O) groups is 2. The van der Waals surface area contributed by atoms with E-state index in [0.29, 0.717) is 37.3 Å². The van der Waals surface area contributed by atoms with Gasteiger partial charge in [0, 0.05) is 32.3 Å². The summed E-state index contributed by atoms with van der Waals surface area (Å²) in [6.07, 6.45) is 3.82. The van der Waals surface area contributed by atoms with Gasteiger partial charge in [-0.1, -0.05) is 0 Å². The summed E-state index contributed by atoms with van der Waals surface area (Å²) in [5, 5.41) is 0. The predicted octanol–water partition coefficient (Wildman–Crippen LogP) is 0.644. The fourth-order valence-electron chi connectivity index (χ4n) is 3.74. The number of piperidine rings is 1. The molecule has 0 saturated carbocycles. The average Bonchev–Trinajstić information content (AvgIpc) is 2.82. The molecule has 0 bridgehead atoms. The summed E-state index contributed by atoms with van der Waals surface area (Å²) < 4.78 is 5.58. The molecule has 7 nitrogen and oxygen atoms in total. The number of amides is 1. The number of pyridine rings is 1. The topological polar surface area (TPSA) is 88.8 Å². The van der Waals surface area contributed by atoms with E-state index in [1.165, 1.54) is 0 Å². The third-order valence-electron chi connectivity index (χ3n) is 4.97. The minimum Gasteiger partial charge on any atom is -0.461 e. The van der Waals surface area contributed by atoms with Gasteiger partial charge in [0.15, 0.2) is 0 Å². The van der Waals surface area contributed by atoms with E-state index in [4.69, 9.17) is 10.5 Å². The Kier molecular flexibility index (Phi) is 4.45. The second-order valence-electron chi connectivity index (χ2n) is 7.00. The number of hydrogen-bond donors (Lipinski definition) is 1. The van der Waals surface area contributed by atoms with Gasteiger partial charge in [-0.3, -0.25) is 9.59 Å². The molecule has 2 saturated heterocycles. The maximum atomic E-state index is 12.4. The summed E-state index contributed by atoms with van der Waals surface area (Å²) in [5.41, 5.74) is 5.47. The van der Waals surface area contributed by atoms with E-state index in [1.807, 2.05) is 23.9 Å². The van der Waals surface area contributed by atoms with Crippen LogP contribution in [-0.4, -0.2) is 61.6 Å². The molecule has 1 aromatic rings. The number of nitrogens with zero attached hydrogens (tertiary/aromatic N) is 3. The van der Waals surface area contributed by atoms with Crippen molar-refractivity contribution in [3.05, 3.63) is 23.9 Å². The predicted molar refractivity (Wildman–Crippen MR) is 89.7 cm³/mol. The molecule has 130 valence electrons. The number of anilines is 1. The van der Waals surface area contributed by atoms with Gasteiger partial charge < -0.3 is 20.3 Å². The quantitative estimate of drug-likeness (QED) is 0.814. The minimum absolute atomic E-state index is 0.0323. The summed E-state index contributed by atoms with van der Waals surface area (Å²) in [6.45, 7) is 2.09. The van der Waals surface area contributed by atoms with Gasteiger partial charge in [0.2, 0.25) is 0 Å². The summed E-state index contributed by atoms with van der Waals surface area (Å²) in [5.74, 6) is 0.0471. The third kappa shape index (κ3) is 3.08. The van der Waals surface area contributed by atoms with E-state index in [1.54, 1.807) is 18.3 Å². The van der Waals surface area contributed by atoms with Gasteiger partial charge in [0.1, 0.15) is 11.9 Å². The fraction of sp³-hybridized carbons (Fsp3) is 0.588. The highest BCUT2D eigenvalue weighted by molar-refractivity contribution is 5.97. The molecule has 24 heavy (non-hydrogen) atoms. The van der Waals surface area contributed by atoms with Crippen LogP contribution in [0.2, 0.25) is 0 Å². The van der Waals surface area contributed by atoms with Crippen LogP contribution in [0.3, 0.4) is 0 Å². The molecule has 2 aliphatic heterocycles. The number of aromatic nitrogens is 1. The zero-order valence-electron chi connectivity index (χ0n) is 14.2. The summed E-state index contributed by atoms with van der Waals surface area (Å²) in [4.78, 5) is 32.4. The van der Waals surface area contributed by atoms with Crippen LogP contribution in [0.25, 0.3) is 0 Å². The van der Waals surface area contributed by atoms with Crippen LogP contribution >= 0.6 is 0 Å². The molecule has 0 aromatic carbocycles. The van der Waals surface area contributed by atoms with E-state index in [2.05, 4.69) is 4.98 Å². The van der Waals surface area contributed by atoms with Crippen molar-refractivity contribution in [1.29, 1.82) is 0 Å². The van der Waals surface area contributed by atoms with Crippen molar-refractivity contribution in [3.8, 4) is 0 Å². The van der Waals surface area contributed by atoms with Crippen molar-refractivity contribution in [2.45, 2.75) is 25.4 Å². The lowest BCUT2D eigenvalue weighted by molar-refractivity contribution is -0.150. The molecule has 3 heterocycles. The van der Waals surface area contributed by atoms with E-state index >= 15 is 0 Å². The first-order valence-corrected chi connectivity index (χ1v) is 8.27. The highest BCUT2D eigenvalue weighted by Crippen LogP contribution is 2.43. The third-order valence-corrected chi connectivity index (χ3v) is 4.97. The smallest absolute Gasteiger partial charge is 0.312 e. The molecule has 2 aliphatic rings. The largest absolute Gasteiger partial charge is 0.461 e. The first kappa shape index (κ1) is 16.7. The Bertz CT molecular complexity index is 638. The molecule has 1 unspecified atom stereocenters. The van der Waals surface area contributed by atoms with Crippen LogP contribution in [0, 0.1) is 5.41 Å². The lowest BCUT2D eigenvalue weighted by atomic mass is 9.76. The van der Waals surface area contributed by atoms with Crippen LogP contribution in [0.4, 0.5) is 5.82 Å². The number of likely N-dealkylation sites (N-methyl/N-ethyl adjacent to an activating group) is 1. The molecule has 7 heteroatoms. The number of primary amides is 1. The van der Waals surface area contributed by atoms with Crippen molar-refractivity contribution >= 4 is 17.7 Å². The summed E-state index contributed by atoms with van der Waals surface area (Å²) in [6, 6.07) is 3.39. The van der Waals surface area contributed by atoms with Gasteiger partial charge in [-0.15, -0.1) is 0 Å². The molecule has 2 fully saturated rings. The second-order valence-corrected chi connectivity index (χ2v) is 7.00. The lowest BCUT2D eigenvalue weighted by Gasteiger charge is -2.37. The normalized spacial score (nSPS) is 22.9. The molecule has 1 aromatic heterocycles. The standard InChI is InChI=1S/C17H24N4O3/c1-20(2)11-12-10-17(16(23)24-12)5-8-21(9-6-17)15-13(14(18)22)4-3-7-19-15/h3-4,7,12H,5-6,8-11H2,1-2H3,(H2,18,22). The van der Waals surface area contributed by atoms with Gasteiger partial charge in [-0.25, -0.2) is 4.98 Å². The molecule has 1 atom stereocenters. The van der Waals surface area contributed by atoms with Gasteiger partial charge in [0.25, 0.3) is 5.91 Å². The number of cyclic esters (lactones) is 1. The van der Waals surface area contributed by atoms with Crippen LogP contribution in [-0.2, 0) is 9.53 Å². The molecular weight excluding hydrogens is 308 g/mol. The Balaban J connectivity index is 1.70. The molecule has 0 aliphatic carbocycles. The first-order valence-electron chi connectivity index (χ1n) is 8.27. The molecule has 2 N–H and O–H groups in total. The van der Waals surface area contributed by atoms with E-state index in [0.717, 1.165) is 13.0 Å². The van der Waals surface area contributed by atoms with Gasteiger partial charge in [-0.2, -0.15) is 0 Å². The fourth-order valence-corrected chi connectivity index (χ4v) is 3.74. The average molecular weight is 332 g/mol. The maximum absolute atomic E-state index is 12.4. The van der Waals surface area contributed by atoms with Gasteiger partial charge >= 0.3 is 5.97 Å². The van der Waals surface area contributed by atoms with Crippen molar-refractivity contribution in [1.82, 2.24) is 9.88 Å². The zero-order chi connectivity index (χ0) is 17.3. The van der Waals surface area contributed by atoms with Crippen LogP contribution in [0.5, 0.6) is 0 Å². The number of rotatable bonds is 4. The molecular formula is C17H24N4O3. The van der Waals surface area contributed by atoms with Crippen molar-refractivity contribution < 1.29 is 14.3 Å². The number of hydrogen-bond acceptors (Lipinski definition) is 6. The highest BCUT2D eigenvalue weighted by atomic mass is 16.6. The highest BCUT2D eigenvalue weighted by Gasteiger charge is 2.50. The zero-order valence-corrected chi connectivity index (χ0v) is 14.2. The Morgan fingerprint density at radius 3 is 2.79 bits per heavy atom. The van der Waals surface area contributed by atoms with E-state index in [-0.39, 0.29) is 12.1 Å². The van der Waals surface area contributed by atoms with Crippen LogP contribution in [0.15, 0.2) is 18.3 Å². The van der Waals surface area contributed by atoms with Crippen LogP contribution < -0.4 is 10.6 Å². The van der Waals surface area contributed by atoms with Crippen molar-refractivity contribution in [3.63, 3.8) is 0 Å². The Hall–Kier alpha value is -2.15. The van der Waals surface area contributed by atoms with Crippen molar-refractivity contribution in [2.24, 2.45) is 11.1 Å². The van der Waals surface area contributed by atoms with E-state index < -0.39 is 11.3 Å². The maximum Gasteiger partial charge on any atom is 0.312 e. The van der Waals surface area contributed by atoms with E-state index in [9.17, 15) is 9.59 Å². The Morgan fingerprint density at radius 1 is 1.46 bits per heavy atom. The number of nitrogens with two attached hydrogens (primary N) is 1. The van der Waals surface area contributed by atoms with Crippen LogP contribution in [0.1, 0.15) is 29.6 Å². The summed E-state index contributed by atoms with van der Waals surface area (Å²) >= 11 is 0. The monoisotopic (exact) mass is 332 g/mol. The summed E-state index contributed by atoms with van der Waals surface area (Å²) in [7, 11) is 3.96. The number of esters is 1. The second kappa shape index (κ2) is 6.39. The number of ether oxygens (including phenoxy) is 1. The lowest BCUT2D eigenvalue weighted by Crippen LogP contribution is -2.43. The van der Waals surface area contributed by atoms with Gasteiger partial charge in [0.05, 0.1) is 11.0 Å². The minimum atomic E-state index is -0.482. The van der Waals surface area contributed by atoms with Gasteiger partial charge in [-0.05, 0) is 39.1 Å². The molecule has 0 radical (unpaired) electrons. The first-order chi connectivity index (χ1) is 11.4. The molecule has 3 rings (SSSR count). The SMILES string of the molecule is CN(C)CC1CC2(CCN(c3ncccc3C(N)=O)CC2)C(=O)O1. The molecule has 1 spiro atoms. The molecule has 1 amide bonds. The Morgan fingerprint density at radius 2 is 2.17 bits per heavy atom. The van der Waals surface area contributed by atoms with Crippen molar-refractivity contribution in [2.75, 3.05) is 38.6 Å².